The highest BCUT2D eigenvalue weighted by atomic mass is 16.5. The summed E-state index contributed by atoms with van der Waals surface area (Å²) in [7, 11) is 3.17. The van der Waals surface area contributed by atoms with Crippen molar-refractivity contribution in [1.29, 1.82) is 0 Å². The Labute approximate surface area is 174 Å². The number of esters is 1. The molecule has 0 unspecified atom stereocenters. The molecular formula is C21H25N5O4. The summed E-state index contributed by atoms with van der Waals surface area (Å²) >= 11 is 0. The van der Waals surface area contributed by atoms with Crippen LogP contribution in [-0.4, -0.2) is 64.2 Å². The van der Waals surface area contributed by atoms with Crippen molar-refractivity contribution in [1.82, 2.24) is 19.6 Å². The van der Waals surface area contributed by atoms with E-state index in [0.717, 1.165) is 37.2 Å². The van der Waals surface area contributed by atoms with Gasteiger partial charge >= 0.3 is 12.0 Å². The minimum atomic E-state index is -0.428. The molecule has 1 N–H and O–H groups in total. The van der Waals surface area contributed by atoms with Gasteiger partial charge in [-0.15, -0.1) is 0 Å². The van der Waals surface area contributed by atoms with Gasteiger partial charge in [-0.1, -0.05) is 0 Å². The first-order chi connectivity index (χ1) is 14.5. The standard InChI is InChI=1S/C21H25N5O4/c1-24-17-9-12-26(13-16(17)18(23-24)19(27)25-10-3-4-11-25)21(29)22-15-7-5-14(6-8-15)20(28)30-2/h5-8H,3-4,9-13H2,1-2H3,(H,22,29). The zero-order chi connectivity index (χ0) is 21.3. The van der Waals surface area contributed by atoms with Crippen LogP contribution in [0.1, 0.15) is 44.9 Å². The maximum atomic E-state index is 12.9. The van der Waals surface area contributed by atoms with Gasteiger partial charge in [-0.3, -0.25) is 9.48 Å². The molecule has 2 aromatic rings. The lowest BCUT2D eigenvalue weighted by atomic mass is 10.0. The monoisotopic (exact) mass is 411 g/mol. The van der Waals surface area contributed by atoms with Gasteiger partial charge in [-0.05, 0) is 37.1 Å². The first-order valence-corrected chi connectivity index (χ1v) is 10.1. The van der Waals surface area contributed by atoms with Crippen LogP contribution in [-0.2, 0) is 24.8 Å². The van der Waals surface area contributed by atoms with Crippen LogP contribution >= 0.6 is 0 Å². The number of aryl methyl sites for hydroxylation is 1. The third-order valence-electron chi connectivity index (χ3n) is 5.68. The zero-order valence-electron chi connectivity index (χ0n) is 17.2. The van der Waals surface area contributed by atoms with Crippen molar-refractivity contribution in [3.8, 4) is 0 Å². The third kappa shape index (κ3) is 3.74. The van der Waals surface area contributed by atoms with Crippen LogP contribution < -0.4 is 5.32 Å². The number of hydrogen-bond acceptors (Lipinski definition) is 5. The summed E-state index contributed by atoms with van der Waals surface area (Å²) in [5, 5.41) is 7.32. The number of amides is 3. The molecule has 3 amide bonds. The summed E-state index contributed by atoms with van der Waals surface area (Å²) in [6.45, 7) is 2.39. The average Bonchev–Trinajstić information content (AvgIpc) is 3.41. The van der Waals surface area contributed by atoms with Crippen LogP contribution in [0.2, 0.25) is 0 Å². The van der Waals surface area contributed by atoms with E-state index >= 15 is 0 Å². The van der Waals surface area contributed by atoms with Crippen LogP contribution in [0, 0.1) is 0 Å². The Morgan fingerprint density at radius 3 is 2.40 bits per heavy atom. The number of rotatable bonds is 3. The van der Waals surface area contributed by atoms with Gasteiger partial charge in [0.2, 0.25) is 0 Å². The van der Waals surface area contributed by atoms with E-state index in [-0.39, 0.29) is 11.9 Å². The predicted molar refractivity (Wildman–Crippen MR) is 109 cm³/mol. The molecule has 0 bridgehead atoms. The summed E-state index contributed by atoms with van der Waals surface area (Å²) in [6.07, 6.45) is 2.68. The summed E-state index contributed by atoms with van der Waals surface area (Å²) < 4.78 is 6.44. The fraction of sp³-hybridized carbons (Fsp3) is 0.429. The smallest absolute Gasteiger partial charge is 0.337 e. The molecule has 158 valence electrons. The molecule has 1 fully saturated rings. The lowest BCUT2D eigenvalue weighted by molar-refractivity contribution is 0.0600. The fourth-order valence-electron chi connectivity index (χ4n) is 4.02. The molecule has 0 saturated carbocycles. The van der Waals surface area contributed by atoms with Crippen LogP contribution in [0.3, 0.4) is 0 Å². The van der Waals surface area contributed by atoms with E-state index in [1.54, 1.807) is 33.8 Å². The first kappa shape index (κ1) is 19.9. The quantitative estimate of drug-likeness (QED) is 0.780. The molecule has 1 saturated heterocycles. The molecule has 2 aliphatic rings. The number of anilines is 1. The Morgan fingerprint density at radius 2 is 1.73 bits per heavy atom. The van der Waals surface area contributed by atoms with E-state index in [2.05, 4.69) is 15.2 Å². The Kier molecular flexibility index (Phi) is 5.43. The number of aromatic nitrogens is 2. The van der Waals surface area contributed by atoms with Crippen molar-refractivity contribution in [2.75, 3.05) is 32.1 Å². The van der Waals surface area contributed by atoms with E-state index in [1.165, 1.54) is 7.11 Å². The Morgan fingerprint density at radius 1 is 1.03 bits per heavy atom. The van der Waals surface area contributed by atoms with Crippen molar-refractivity contribution in [2.45, 2.75) is 25.8 Å². The zero-order valence-corrected chi connectivity index (χ0v) is 17.2. The molecule has 1 aromatic heterocycles. The molecule has 4 rings (SSSR count). The van der Waals surface area contributed by atoms with Crippen molar-refractivity contribution >= 4 is 23.6 Å². The van der Waals surface area contributed by atoms with Crippen LogP contribution in [0.15, 0.2) is 24.3 Å². The van der Waals surface area contributed by atoms with E-state index < -0.39 is 5.97 Å². The van der Waals surface area contributed by atoms with Gasteiger partial charge in [0, 0.05) is 50.0 Å². The fourth-order valence-corrected chi connectivity index (χ4v) is 4.02. The molecule has 0 atom stereocenters. The van der Waals surface area contributed by atoms with E-state index in [1.807, 2.05) is 11.9 Å². The number of urea groups is 1. The van der Waals surface area contributed by atoms with E-state index in [4.69, 9.17) is 0 Å². The third-order valence-corrected chi connectivity index (χ3v) is 5.68. The first-order valence-electron chi connectivity index (χ1n) is 10.1. The summed E-state index contributed by atoms with van der Waals surface area (Å²) in [5.41, 5.74) is 3.28. The molecule has 3 heterocycles. The number of carbonyl (C=O) groups excluding carboxylic acids is 3. The van der Waals surface area contributed by atoms with Gasteiger partial charge in [0.25, 0.3) is 5.91 Å². The molecule has 1 aromatic carbocycles. The van der Waals surface area contributed by atoms with Gasteiger partial charge in [0.1, 0.15) is 0 Å². The number of likely N-dealkylation sites (tertiary alicyclic amines) is 1. The molecule has 30 heavy (non-hydrogen) atoms. The molecule has 0 spiro atoms. The number of methoxy groups -OCH3 is 1. The number of benzene rings is 1. The number of ether oxygens (including phenoxy) is 1. The second kappa shape index (κ2) is 8.17. The topological polar surface area (TPSA) is 96.8 Å². The van der Waals surface area contributed by atoms with E-state index in [0.29, 0.717) is 36.5 Å². The van der Waals surface area contributed by atoms with Gasteiger partial charge in [0.15, 0.2) is 5.69 Å². The van der Waals surface area contributed by atoms with Crippen molar-refractivity contribution in [3.63, 3.8) is 0 Å². The van der Waals surface area contributed by atoms with Crippen molar-refractivity contribution < 1.29 is 19.1 Å². The largest absolute Gasteiger partial charge is 0.465 e. The molecule has 0 radical (unpaired) electrons. The van der Waals surface area contributed by atoms with Crippen molar-refractivity contribution in [3.05, 3.63) is 46.8 Å². The summed E-state index contributed by atoms with van der Waals surface area (Å²) in [5.74, 6) is -0.478. The Balaban J connectivity index is 1.47. The predicted octanol–water partition coefficient (Wildman–Crippen LogP) is 2.03. The second-order valence-electron chi connectivity index (χ2n) is 7.57. The Bertz CT molecular complexity index is 976. The Hall–Kier alpha value is -3.36. The van der Waals surface area contributed by atoms with Gasteiger partial charge in [-0.2, -0.15) is 5.10 Å². The summed E-state index contributed by atoms with van der Waals surface area (Å²) in [4.78, 5) is 40.8. The van der Waals surface area contributed by atoms with Gasteiger partial charge < -0.3 is 19.9 Å². The molecule has 9 heteroatoms. The van der Waals surface area contributed by atoms with Gasteiger partial charge in [-0.25, -0.2) is 9.59 Å². The minimum Gasteiger partial charge on any atom is -0.465 e. The second-order valence-corrected chi connectivity index (χ2v) is 7.57. The highest BCUT2D eigenvalue weighted by Gasteiger charge is 2.32. The van der Waals surface area contributed by atoms with E-state index in [9.17, 15) is 14.4 Å². The number of nitrogens with zero attached hydrogens (tertiary/aromatic N) is 4. The molecular weight excluding hydrogens is 386 g/mol. The van der Waals surface area contributed by atoms with Crippen LogP contribution in [0.5, 0.6) is 0 Å². The maximum absolute atomic E-state index is 12.9. The van der Waals surface area contributed by atoms with Crippen molar-refractivity contribution in [2.24, 2.45) is 7.05 Å². The van der Waals surface area contributed by atoms with Crippen LogP contribution in [0.4, 0.5) is 10.5 Å². The number of nitrogens with one attached hydrogen (secondary N) is 1. The minimum absolute atomic E-state index is 0.0509. The normalized spacial score (nSPS) is 15.7. The summed E-state index contributed by atoms with van der Waals surface area (Å²) in [6, 6.07) is 6.26. The molecule has 9 nitrogen and oxygen atoms in total. The molecule has 2 aliphatic heterocycles. The average molecular weight is 411 g/mol. The number of hydrogen-bond donors (Lipinski definition) is 1. The molecule has 0 aliphatic carbocycles. The highest BCUT2D eigenvalue weighted by molar-refractivity contribution is 5.95. The lowest BCUT2D eigenvalue weighted by Crippen LogP contribution is -2.40. The maximum Gasteiger partial charge on any atom is 0.337 e. The van der Waals surface area contributed by atoms with Crippen LogP contribution in [0.25, 0.3) is 0 Å². The number of carbonyl (C=O) groups is 3. The van der Waals surface area contributed by atoms with Gasteiger partial charge in [0.05, 0.1) is 19.2 Å². The SMILES string of the molecule is COC(=O)c1ccc(NC(=O)N2CCc3c(c(C(=O)N4CCCC4)nn3C)C2)cc1. The number of fused-ring (bicyclic) bond motifs is 1. The lowest BCUT2D eigenvalue weighted by Gasteiger charge is -2.28. The highest BCUT2D eigenvalue weighted by Crippen LogP contribution is 2.25.